The van der Waals surface area contributed by atoms with Gasteiger partial charge in [0.15, 0.2) is 6.10 Å². The number of allylic oxidation sites excluding steroid dienone is 8. The van der Waals surface area contributed by atoms with Crippen LogP contribution in [0.2, 0.25) is 0 Å². The van der Waals surface area contributed by atoms with Crippen molar-refractivity contribution in [3.8, 4) is 0 Å². The lowest BCUT2D eigenvalue weighted by atomic mass is 10.1. The van der Waals surface area contributed by atoms with Gasteiger partial charge < -0.3 is 14.2 Å². The van der Waals surface area contributed by atoms with E-state index >= 15 is 0 Å². The molecule has 6 nitrogen and oxygen atoms in total. The molecule has 444 valence electrons. The molecule has 0 bridgehead atoms. The summed E-state index contributed by atoms with van der Waals surface area (Å²) in [5.74, 6) is -0.873. The molecule has 0 amide bonds. The van der Waals surface area contributed by atoms with Crippen LogP contribution in [0.25, 0.3) is 0 Å². The fourth-order valence-electron chi connectivity index (χ4n) is 9.94. The molecule has 0 aliphatic carbocycles. The van der Waals surface area contributed by atoms with Crippen LogP contribution >= 0.6 is 0 Å². The Bertz CT molecular complexity index is 1310. The van der Waals surface area contributed by atoms with E-state index in [1.807, 2.05) is 0 Å². The summed E-state index contributed by atoms with van der Waals surface area (Å²) in [6.45, 7) is 6.66. The van der Waals surface area contributed by atoms with Gasteiger partial charge in [-0.3, -0.25) is 14.4 Å². The number of rotatable bonds is 62. The van der Waals surface area contributed by atoms with Crippen molar-refractivity contribution in [2.24, 2.45) is 0 Å². The third-order valence-electron chi connectivity index (χ3n) is 15.0. The maximum Gasteiger partial charge on any atom is 0.306 e. The molecule has 0 heterocycles. The second-order valence-electron chi connectivity index (χ2n) is 22.7. The van der Waals surface area contributed by atoms with Crippen LogP contribution < -0.4 is 0 Å². The first-order valence-electron chi connectivity index (χ1n) is 33.6. The van der Waals surface area contributed by atoms with Gasteiger partial charge in [0, 0.05) is 19.3 Å². The molecule has 0 rings (SSSR count). The van der Waals surface area contributed by atoms with Crippen LogP contribution in [0.4, 0.5) is 0 Å². The fourth-order valence-corrected chi connectivity index (χ4v) is 9.94. The van der Waals surface area contributed by atoms with E-state index in [0.717, 1.165) is 77.0 Å². The summed E-state index contributed by atoms with van der Waals surface area (Å²) in [6.07, 6.45) is 81.2. The van der Waals surface area contributed by atoms with Gasteiger partial charge in [0.2, 0.25) is 0 Å². The minimum atomic E-state index is -0.782. The molecule has 1 unspecified atom stereocenters. The molecule has 0 aromatic heterocycles. The molecule has 0 aliphatic heterocycles. The second-order valence-corrected chi connectivity index (χ2v) is 22.7. The Morgan fingerprint density at radius 1 is 0.263 bits per heavy atom. The van der Waals surface area contributed by atoms with Crippen LogP contribution in [0.5, 0.6) is 0 Å². The molecule has 0 aliphatic rings. The molecule has 0 aromatic carbocycles. The van der Waals surface area contributed by atoms with Gasteiger partial charge in [0.1, 0.15) is 13.2 Å². The van der Waals surface area contributed by atoms with Crippen LogP contribution in [-0.2, 0) is 28.6 Å². The molecule has 0 saturated carbocycles. The molecule has 0 saturated heterocycles. The molecule has 0 aromatic rings. The van der Waals surface area contributed by atoms with Gasteiger partial charge in [-0.15, -0.1) is 0 Å². The van der Waals surface area contributed by atoms with Gasteiger partial charge >= 0.3 is 17.9 Å². The van der Waals surface area contributed by atoms with Gasteiger partial charge in [-0.05, 0) is 103 Å². The van der Waals surface area contributed by atoms with Crippen molar-refractivity contribution in [2.75, 3.05) is 13.2 Å². The van der Waals surface area contributed by atoms with E-state index in [2.05, 4.69) is 69.4 Å². The molecular weight excluding hydrogens is 937 g/mol. The Morgan fingerprint density at radius 3 is 0.750 bits per heavy atom. The first kappa shape index (κ1) is 73.4. The molecule has 0 N–H and O–H groups in total. The normalized spacial score (nSPS) is 12.3. The van der Waals surface area contributed by atoms with Gasteiger partial charge in [-0.1, -0.05) is 288 Å². The Balaban J connectivity index is 4.35. The van der Waals surface area contributed by atoms with E-state index in [1.54, 1.807) is 0 Å². The van der Waals surface area contributed by atoms with E-state index in [9.17, 15) is 14.4 Å². The van der Waals surface area contributed by atoms with E-state index in [-0.39, 0.29) is 31.1 Å². The topological polar surface area (TPSA) is 78.9 Å². The maximum absolute atomic E-state index is 12.9. The molecular formula is C70H128O6. The Hall–Kier alpha value is -2.63. The first-order chi connectivity index (χ1) is 37.5. The zero-order valence-electron chi connectivity index (χ0n) is 51.0. The Morgan fingerprint density at radius 2 is 0.474 bits per heavy atom. The largest absolute Gasteiger partial charge is 0.462 e. The van der Waals surface area contributed by atoms with E-state index in [0.29, 0.717) is 19.3 Å². The monoisotopic (exact) mass is 1060 g/mol. The van der Waals surface area contributed by atoms with Crippen LogP contribution in [0.15, 0.2) is 48.6 Å². The van der Waals surface area contributed by atoms with Crippen molar-refractivity contribution in [1.29, 1.82) is 0 Å². The van der Waals surface area contributed by atoms with E-state index in [1.165, 1.54) is 244 Å². The molecule has 0 fully saturated rings. The fraction of sp³-hybridized carbons (Fsp3) is 0.843. The minimum absolute atomic E-state index is 0.0771. The lowest BCUT2D eigenvalue weighted by Gasteiger charge is -2.18. The van der Waals surface area contributed by atoms with Crippen molar-refractivity contribution in [1.82, 2.24) is 0 Å². The predicted molar refractivity (Wildman–Crippen MR) is 330 cm³/mol. The first-order valence-corrected chi connectivity index (χ1v) is 33.6. The van der Waals surface area contributed by atoms with Gasteiger partial charge in [0.05, 0.1) is 0 Å². The summed E-state index contributed by atoms with van der Waals surface area (Å²) in [4.78, 5) is 38.4. The number of carbonyl (C=O) groups is 3. The molecule has 0 spiro atoms. The lowest BCUT2D eigenvalue weighted by molar-refractivity contribution is -0.167. The Kier molecular flexibility index (Phi) is 62.6. The zero-order chi connectivity index (χ0) is 55.0. The van der Waals surface area contributed by atoms with E-state index in [4.69, 9.17) is 14.2 Å². The summed E-state index contributed by atoms with van der Waals surface area (Å²) in [5, 5.41) is 0. The second kappa shape index (κ2) is 64.9. The molecule has 6 heteroatoms. The summed E-state index contributed by atoms with van der Waals surface area (Å²) in [6, 6.07) is 0. The standard InChI is InChI=1S/C70H128O6/c1-4-7-10-13-16-19-22-25-28-31-33-35-37-39-42-45-48-51-54-57-60-63-69(72)75-66-67(65-74-68(71)62-59-56-53-50-47-44-41-30-27-24-21-18-15-12-9-6-3)76-70(73)64-61-58-55-52-49-46-43-40-38-36-34-32-29-26-23-20-17-14-11-8-5-2/h21,24,30-34,41,67H,4-20,22-23,25-29,35-40,42-66H2,1-3H3/b24-21-,33-31-,34-32-,41-30-. The zero-order valence-corrected chi connectivity index (χ0v) is 51.0. The molecule has 1 atom stereocenters. The number of esters is 3. The third kappa shape index (κ3) is 62.2. The van der Waals surface area contributed by atoms with Crippen LogP contribution in [0.1, 0.15) is 361 Å². The van der Waals surface area contributed by atoms with Gasteiger partial charge in [0.25, 0.3) is 0 Å². The SMILES string of the molecule is CCCCCC/C=C\C/C=C\CCCCCCCC(=O)OCC(COC(=O)CCCCCCCCCCC/C=C\CCCCCCCCCC)OC(=O)CCCCCCCCCCC/C=C\CCCCCCCCCC. The smallest absolute Gasteiger partial charge is 0.306 e. The highest BCUT2D eigenvalue weighted by atomic mass is 16.6. The minimum Gasteiger partial charge on any atom is -0.462 e. The quantitative estimate of drug-likeness (QED) is 0.0261. The highest BCUT2D eigenvalue weighted by molar-refractivity contribution is 5.71. The van der Waals surface area contributed by atoms with E-state index < -0.39 is 6.10 Å². The number of hydrogen-bond donors (Lipinski definition) is 0. The lowest BCUT2D eigenvalue weighted by Crippen LogP contribution is -2.30. The Labute approximate surface area is 473 Å². The predicted octanol–water partition coefficient (Wildman–Crippen LogP) is 22.9. The third-order valence-corrected chi connectivity index (χ3v) is 15.0. The average Bonchev–Trinajstić information content (AvgIpc) is 3.42. The summed E-state index contributed by atoms with van der Waals surface area (Å²) in [5.41, 5.74) is 0. The number of ether oxygens (including phenoxy) is 3. The van der Waals surface area contributed by atoms with Crippen LogP contribution in [-0.4, -0.2) is 37.2 Å². The maximum atomic E-state index is 12.9. The highest BCUT2D eigenvalue weighted by Crippen LogP contribution is 2.17. The van der Waals surface area contributed by atoms with Gasteiger partial charge in [-0.2, -0.15) is 0 Å². The summed E-state index contributed by atoms with van der Waals surface area (Å²) in [7, 11) is 0. The van der Waals surface area contributed by atoms with Crippen molar-refractivity contribution in [2.45, 2.75) is 367 Å². The van der Waals surface area contributed by atoms with Gasteiger partial charge in [-0.25, -0.2) is 0 Å². The van der Waals surface area contributed by atoms with Crippen LogP contribution in [0, 0.1) is 0 Å². The number of hydrogen-bond acceptors (Lipinski definition) is 6. The van der Waals surface area contributed by atoms with Crippen molar-refractivity contribution >= 4 is 17.9 Å². The highest BCUT2D eigenvalue weighted by Gasteiger charge is 2.19. The van der Waals surface area contributed by atoms with Crippen molar-refractivity contribution in [3.05, 3.63) is 48.6 Å². The van der Waals surface area contributed by atoms with Crippen molar-refractivity contribution < 1.29 is 28.6 Å². The molecule has 76 heavy (non-hydrogen) atoms. The molecule has 0 radical (unpaired) electrons. The average molecular weight is 1070 g/mol. The number of carbonyl (C=O) groups excluding carboxylic acids is 3. The van der Waals surface area contributed by atoms with Crippen molar-refractivity contribution in [3.63, 3.8) is 0 Å². The summed E-state index contributed by atoms with van der Waals surface area (Å²) < 4.78 is 17.0. The summed E-state index contributed by atoms with van der Waals surface area (Å²) >= 11 is 0. The van der Waals surface area contributed by atoms with Crippen LogP contribution in [0.3, 0.4) is 0 Å². The number of unbranched alkanes of at least 4 members (excludes halogenated alkanes) is 43.